The molecular weight excluding hydrogens is 244 g/mol. The number of hydrazine groups is 1. The second-order valence-corrected chi connectivity index (χ2v) is 4.58. The van der Waals surface area contributed by atoms with Gasteiger partial charge in [-0.15, -0.1) is 15.4 Å². The number of hydrazone groups is 2. The molecule has 0 amide bonds. The van der Waals surface area contributed by atoms with Crippen molar-refractivity contribution in [1.82, 2.24) is 10.2 Å². The number of hydrogen-bond donors (Lipinski definition) is 0. The molecule has 0 radical (unpaired) electrons. The van der Waals surface area contributed by atoms with Crippen LogP contribution in [-0.2, 0) is 9.47 Å². The molecule has 7 heteroatoms. The molecule has 2 rings (SSSR count). The highest BCUT2D eigenvalue weighted by Crippen LogP contribution is 2.14. The Hall–Kier alpha value is -0.850. The van der Waals surface area contributed by atoms with Gasteiger partial charge < -0.3 is 9.47 Å². The maximum atomic E-state index is 6.00. The first-order valence-corrected chi connectivity index (χ1v) is 6.13. The van der Waals surface area contributed by atoms with Crippen LogP contribution >= 0.6 is 11.6 Å². The Labute approximate surface area is 106 Å². The summed E-state index contributed by atoms with van der Waals surface area (Å²) in [6.07, 6.45) is 0.545. The summed E-state index contributed by atoms with van der Waals surface area (Å²) < 4.78 is 10.8. The first-order valence-electron chi connectivity index (χ1n) is 5.75. The molecular formula is C10H17ClN4O2. The second kappa shape index (κ2) is 5.66. The quantitative estimate of drug-likeness (QED) is 0.749. The van der Waals surface area contributed by atoms with Crippen LogP contribution in [0.2, 0.25) is 0 Å². The van der Waals surface area contributed by atoms with Crippen molar-refractivity contribution in [3.8, 4) is 0 Å². The third-order valence-corrected chi connectivity index (χ3v) is 2.52. The third kappa shape index (κ3) is 3.55. The largest absolute Gasteiger partial charge is 0.477 e. The van der Waals surface area contributed by atoms with E-state index in [1.807, 2.05) is 18.9 Å². The summed E-state index contributed by atoms with van der Waals surface area (Å²) in [6.45, 7) is 6.79. The highest BCUT2D eigenvalue weighted by atomic mass is 35.5. The average molecular weight is 261 g/mol. The van der Waals surface area contributed by atoms with Crippen molar-refractivity contribution in [2.24, 2.45) is 10.2 Å². The molecule has 6 nitrogen and oxygen atoms in total. The van der Waals surface area contributed by atoms with Gasteiger partial charge in [-0.1, -0.05) is 11.6 Å². The van der Waals surface area contributed by atoms with E-state index in [-0.39, 0.29) is 6.10 Å². The van der Waals surface area contributed by atoms with Crippen LogP contribution in [0.25, 0.3) is 0 Å². The van der Waals surface area contributed by atoms with Crippen LogP contribution in [0.3, 0.4) is 0 Å². The Bertz CT molecular complexity index is 326. The van der Waals surface area contributed by atoms with E-state index in [4.69, 9.17) is 21.1 Å². The van der Waals surface area contributed by atoms with Gasteiger partial charge >= 0.3 is 0 Å². The fourth-order valence-corrected chi connectivity index (χ4v) is 1.79. The Morgan fingerprint density at radius 1 is 1.29 bits per heavy atom. The lowest BCUT2D eigenvalue weighted by Gasteiger charge is -2.33. The Morgan fingerprint density at radius 3 is 2.65 bits per heavy atom. The summed E-state index contributed by atoms with van der Waals surface area (Å²) in [5.74, 6) is 0.603. The van der Waals surface area contributed by atoms with E-state index in [1.165, 1.54) is 5.23 Å². The van der Waals surface area contributed by atoms with Crippen LogP contribution in [0.1, 0.15) is 20.3 Å². The predicted molar refractivity (Wildman–Crippen MR) is 65.8 cm³/mol. The molecule has 0 atom stereocenters. The normalized spacial score (nSPS) is 22.5. The molecule has 0 aromatic rings. The fraction of sp³-hybridized carbons (Fsp3) is 0.800. The summed E-state index contributed by atoms with van der Waals surface area (Å²) in [7, 11) is 0. The molecule has 0 aromatic carbocycles. The van der Waals surface area contributed by atoms with Crippen molar-refractivity contribution >= 4 is 22.7 Å². The molecule has 0 aromatic heterocycles. The maximum Gasteiger partial charge on any atom is 0.217 e. The molecule has 0 N–H and O–H groups in total. The molecule has 1 fully saturated rings. The van der Waals surface area contributed by atoms with Crippen molar-refractivity contribution in [3.63, 3.8) is 0 Å². The zero-order valence-corrected chi connectivity index (χ0v) is 10.9. The first kappa shape index (κ1) is 12.6. The summed E-state index contributed by atoms with van der Waals surface area (Å²) in [5.41, 5.74) is 0. The van der Waals surface area contributed by atoms with Crippen molar-refractivity contribution in [1.29, 1.82) is 0 Å². The fourth-order valence-electron chi connectivity index (χ4n) is 1.61. The van der Waals surface area contributed by atoms with Gasteiger partial charge in [0.25, 0.3) is 0 Å². The number of rotatable bonds is 2. The second-order valence-electron chi connectivity index (χ2n) is 4.15. The number of morpholine rings is 1. The zero-order chi connectivity index (χ0) is 12.3. The first-order chi connectivity index (χ1) is 8.15. The van der Waals surface area contributed by atoms with Gasteiger partial charge in [0.2, 0.25) is 5.90 Å². The van der Waals surface area contributed by atoms with Gasteiger partial charge in [0.05, 0.1) is 25.7 Å². The van der Waals surface area contributed by atoms with E-state index in [9.17, 15) is 0 Å². The van der Waals surface area contributed by atoms with Crippen LogP contribution in [0.5, 0.6) is 0 Å². The number of halogens is 1. The smallest absolute Gasteiger partial charge is 0.217 e. The minimum absolute atomic E-state index is 0.0860. The van der Waals surface area contributed by atoms with E-state index >= 15 is 0 Å². The van der Waals surface area contributed by atoms with E-state index in [0.29, 0.717) is 30.7 Å². The monoisotopic (exact) mass is 260 g/mol. The molecule has 0 spiro atoms. The zero-order valence-electron chi connectivity index (χ0n) is 10.1. The van der Waals surface area contributed by atoms with Gasteiger partial charge in [0.15, 0.2) is 0 Å². The lowest BCUT2D eigenvalue weighted by molar-refractivity contribution is -0.0914. The third-order valence-electron chi connectivity index (χ3n) is 2.31. The molecule has 1 saturated heterocycles. The Kier molecular flexibility index (Phi) is 4.20. The number of ether oxygens (including phenoxy) is 2. The SMILES string of the molecule is CC(C)OC1=NN(N2CCOCC2)N=C(Cl)C1. The maximum absolute atomic E-state index is 6.00. The van der Waals surface area contributed by atoms with Gasteiger partial charge in [-0.2, -0.15) is 5.01 Å². The summed E-state index contributed by atoms with van der Waals surface area (Å²) in [6, 6.07) is 0. The molecule has 0 bridgehead atoms. The summed E-state index contributed by atoms with van der Waals surface area (Å²) >= 11 is 6.00. The van der Waals surface area contributed by atoms with E-state index in [1.54, 1.807) is 0 Å². The van der Waals surface area contributed by atoms with Crippen molar-refractivity contribution < 1.29 is 9.47 Å². The number of nitrogens with zero attached hydrogens (tertiary/aromatic N) is 4. The highest BCUT2D eigenvalue weighted by molar-refractivity contribution is 6.66. The molecule has 17 heavy (non-hydrogen) atoms. The minimum atomic E-state index is 0.0860. The molecule has 2 aliphatic heterocycles. The molecule has 2 aliphatic rings. The number of hydrogen-bond acceptors (Lipinski definition) is 6. The summed E-state index contributed by atoms with van der Waals surface area (Å²) in [5, 5.41) is 12.5. The van der Waals surface area contributed by atoms with Gasteiger partial charge in [-0.05, 0) is 13.8 Å². The average Bonchev–Trinajstić information content (AvgIpc) is 2.28. The molecule has 0 unspecified atom stereocenters. The van der Waals surface area contributed by atoms with Crippen LogP contribution in [0.15, 0.2) is 10.2 Å². The molecule has 0 saturated carbocycles. The van der Waals surface area contributed by atoms with Gasteiger partial charge in [0.1, 0.15) is 5.17 Å². The molecule has 2 heterocycles. The Morgan fingerprint density at radius 2 is 2.00 bits per heavy atom. The van der Waals surface area contributed by atoms with Crippen LogP contribution in [0.4, 0.5) is 0 Å². The predicted octanol–water partition coefficient (Wildman–Crippen LogP) is 1.23. The lowest BCUT2D eigenvalue weighted by Crippen LogP contribution is -2.45. The van der Waals surface area contributed by atoms with Crippen LogP contribution < -0.4 is 0 Å². The van der Waals surface area contributed by atoms with E-state index < -0.39 is 0 Å². The Balaban J connectivity index is 2.03. The topological polar surface area (TPSA) is 49.7 Å². The lowest BCUT2D eigenvalue weighted by atomic mass is 10.4. The van der Waals surface area contributed by atoms with Crippen molar-refractivity contribution in [2.45, 2.75) is 26.4 Å². The summed E-state index contributed by atoms with van der Waals surface area (Å²) in [4.78, 5) is 0. The standard InChI is InChI=1S/C10H17ClN4O2/c1-8(2)17-10-7-9(11)12-15(13-10)14-3-5-16-6-4-14/h8H,3-7H2,1-2H3. The van der Waals surface area contributed by atoms with Gasteiger partial charge in [-0.25, -0.2) is 0 Å². The minimum Gasteiger partial charge on any atom is -0.477 e. The molecule has 0 aliphatic carbocycles. The van der Waals surface area contributed by atoms with Crippen LogP contribution in [-0.4, -0.2) is 53.7 Å². The van der Waals surface area contributed by atoms with E-state index in [0.717, 1.165) is 13.1 Å². The van der Waals surface area contributed by atoms with Crippen LogP contribution in [0, 0.1) is 0 Å². The van der Waals surface area contributed by atoms with Gasteiger partial charge in [-0.3, -0.25) is 0 Å². The van der Waals surface area contributed by atoms with Gasteiger partial charge in [0, 0.05) is 13.1 Å². The van der Waals surface area contributed by atoms with Crippen molar-refractivity contribution in [3.05, 3.63) is 0 Å². The molecule has 96 valence electrons. The highest BCUT2D eigenvalue weighted by Gasteiger charge is 2.23. The van der Waals surface area contributed by atoms with E-state index in [2.05, 4.69) is 10.2 Å². The van der Waals surface area contributed by atoms with Crippen molar-refractivity contribution in [2.75, 3.05) is 26.3 Å².